The summed E-state index contributed by atoms with van der Waals surface area (Å²) in [6, 6.07) is 0.209. The van der Waals surface area contributed by atoms with Gasteiger partial charge < -0.3 is 14.6 Å². The fourth-order valence-electron chi connectivity index (χ4n) is 2.66. The summed E-state index contributed by atoms with van der Waals surface area (Å²) in [4.78, 5) is 2.37. The molecule has 15 heavy (non-hydrogen) atoms. The second-order valence-electron chi connectivity index (χ2n) is 4.59. The Morgan fingerprint density at radius 1 is 1.33 bits per heavy atom. The molecule has 2 fully saturated rings. The first-order chi connectivity index (χ1) is 7.22. The SMILES string of the molecule is CO[C@H]1O[C@H](C)C[C@H](N2CCCC2)[C@H]1O. The van der Waals surface area contributed by atoms with Gasteiger partial charge in [-0.1, -0.05) is 0 Å². The van der Waals surface area contributed by atoms with Gasteiger partial charge in [-0.2, -0.15) is 0 Å². The number of hydrogen-bond acceptors (Lipinski definition) is 4. The van der Waals surface area contributed by atoms with Gasteiger partial charge >= 0.3 is 0 Å². The molecule has 2 rings (SSSR count). The van der Waals surface area contributed by atoms with Crippen LogP contribution in [0.2, 0.25) is 0 Å². The molecule has 2 saturated heterocycles. The molecule has 0 saturated carbocycles. The number of methoxy groups -OCH3 is 1. The van der Waals surface area contributed by atoms with Crippen LogP contribution in [-0.4, -0.2) is 54.7 Å². The molecule has 2 aliphatic rings. The van der Waals surface area contributed by atoms with E-state index in [-0.39, 0.29) is 12.1 Å². The molecule has 0 aromatic heterocycles. The Labute approximate surface area is 91.2 Å². The summed E-state index contributed by atoms with van der Waals surface area (Å²) in [5.74, 6) is 0. The molecular formula is C11H21NO3. The zero-order chi connectivity index (χ0) is 10.8. The quantitative estimate of drug-likeness (QED) is 0.732. The average molecular weight is 215 g/mol. The maximum atomic E-state index is 10.1. The lowest BCUT2D eigenvalue weighted by Gasteiger charge is -2.41. The van der Waals surface area contributed by atoms with E-state index in [1.165, 1.54) is 12.8 Å². The van der Waals surface area contributed by atoms with Crippen LogP contribution in [0.1, 0.15) is 26.2 Å². The van der Waals surface area contributed by atoms with Crippen LogP contribution in [-0.2, 0) is 9.47 Å². The van der Waals surface area contributed by atoms with Crippen molar-refractivity contribution in [3.05, 3.63) is 0 Å². The Morgan fingerprint density at radius 2 is 2.00 bits per heavy atom. The minimum Gasteiger partial charge on any atom is -0.386 e. The number of nitrogens with zero attached hydrogens (tertiary/aromatic N) is 1. The summed E-state index contributed by atoms with van der Waals surface area (Å²) in [6.07, 6.45) is 2.60. The molecule has 0 aromatic rings. The number of aliphatic hydroxyl groups is 1. The summed E-state index contributed by atoms with van der Waals surface area (Å²) in [5.41, 5.74) is 0. The molecule has 2 heterocycles. The predicted octanol–water partition coefficient (Wildman–Crippen LogP) is 0.593. The van der Waals surface area contributed by atoms with Gasteiger partial charge in [0.2, 0.25) is 0 Å². The van der Waals surface area contributed by atoms with Crippen molar-refractivity contribution in [1.29, 1.82) is 0 Å². The topological polar surface area (TPSA) is 41.9 Å². The highest BCUT2D eigenvalue weighted by Gasteiger charge is 2.39. The van der Waals surface area contributed by atoms with Crippen LogP contribution in [0, 0.1) is 0 Å². The highest BCUT2D eigenvalue weighted by molar-refractivity contribution is 4.89. The van der Waals surface area contributed by atoms with E-state index in [0.717, 1.165) is 19.5 Å². The Bertz CT molecular complexity index is 206. The lowest BCUT2D eigenvalue weighted by molar-refractivity contribution is -0.243. The minimum absolute atomic E-state index is 0.170. The van der Waals surface area contributed by atoms with Gasteiger partial charge in [0, 0.05) is 13.2 Å². The third kappa shape index (κ3) is 2.33. The summed E-state index contributed by atoms with van der Waals surface area (Å²) in [6.45, 7) is 4.25. The smallest absolute Gasteiger partial charge is 0.184 e. The van der Waals surface area contributed by atoms with Crippen molar-refractivity contribution in [1.82, 2.24) is 4.90 Å². The summed E-state index contributed by atoms with van der Waals surface area (Å²) < 4.78 is 10.7. The Hall–Kier alpha value is -0.160. The Morgan fingerprint density at radius 3 is 2.60 bits per heavy atom. The van der Waals surface area contributed by atoms with E-state index in [4.69, 9.17) is 9.47 Å². The predicted molar refractivity (Wildman–Crippen MR) is 56.6 cm³/mol. The number of rotatable bonds is 2. The second-order valence-corrected chi connectivity index (χ2v) is 4.59. The van der Waals surface area contributed by atoms with Crippen molar-refractivity contribution in [2.45, 2.75) is 50.7 Å². The maximum Gasteiger partial charge on any atom is 0.184 e. The van der Waals surface area contributed by atoms with Crippen LogP contribution >= 0.6 is 0 Å². The number of hydrogen-bond donors (Lipinski definition) is 1. The van der Waals surface area contributed by atoms with E-state index < -0.39 is 12.4 Å². The first kappa shape index (κ1) is 11.3. The molecule has 4 atom stereocenters. The van der Waals surface area contributed by atoms with Gasteiger partial charge in [0.25, 0.3) is 0 Å². The van der Waals surface area contributed by atoms with Gasteiger partial charge in [-0.15, -0.1) is 0 Å². The standard InChI is InChI=1S/C11H21NO3/c1-8-7-9(12-5-3-4-6-12)10(13)11(14-2)15-8/h8-11,13H,3-7H2,1-2H3/t8-,9+,10-,11+/m1/s1. The van der Waals surface area contributed by atoms with Gasteiger partial charge in [-0.3, -0.25) is 4.90 Å². The molecule has 0 bridgehead atoms. The van der Waals surface area contributed by atoms with E-state index >= 15 is 0 Å². The first-order valence-electron chi connectivity index (χ1n) is 5.82. The largest absolute Gasteiger partial charge is 0.386 e. The van der Waals surface area contributed by atoms with Crippen molar-refractivity contribution in [2.75, 3.05) is 20.2 Å². The number of likely N-dealkylation sites (tertiary alicyclic amines) is 1. The van der Waals surface area contributed by atoms with Crippen molar-refractivity contribution in [3.8, 4) is 0 Å². The van der Waals surface area contributed by atoms with Crippen molar-refractivity contribution in [3.63, 3.8) is 0 Å². The molecule has 0 radical (unpaired) electrons. The number of ether oxygens (including phenoxy) is 2. The number of aliphatic hydroxyl groups excluding tert-OH is 1. The maximum absolute atomic E-state index is 10.1. The lowest BCUT2D eigenvalue weighted by Crippen LogP contribution is -2.55. The molecule has 4 heteroatoms. The van der Waals surface area contributed by atoms with E-state index in [1.54, 1.807) is 7.11 Å². The Balaban J connectivity index is 2.01. The van der Waals surface area contributed by atoms with Crippen molar-refractivity contribution in [2.24, 2.45) is 0 Å². The molecule has 0 aromatic carbocycles. The van der Waals surface area contributed by atoms with Crippen LogP contribution in [0.3, 0.4) is 0 Å². The first-order valence-corrected chi connectivity index (χ1v) is 5.82. The van der Waals surface area contributed by atoms with Gasteiger partial charge in [0.15, 0.2) is 6.29 Å². The summed E-state index contributed by atoms with van der Waals surface area (Å²) in [5, 5.41) is 10.1. The lowest BCUT2D eigenvalue weighted by atomic mass is 9.99. The summed E-state index contributed by atoms with van der Waals surface area (Å²) >= 11 is 0. The Kier molecular flexibility index (Phi) is 3.61. The van der Waals surface area contributed by atoms with Gasteiger partial charge in [-0.25, -0.2) is 0 Å². The van der Waals surface area contributed by atoms with E-state index in [9.17, 15) is 5.11 Å². The molecule has 0 spiro atoms. The van der Waals surface area contributed by atoms with Gasteiger partial charge in [0.05, 0.1) is 6.10 Å². The van der Waals surface area contributed by atoms with Crippen molar-refractivity contribution >= 4 is 0 Å². The fourth-order valence-corrected chi connectivity index (χ4v) is 2.66. The zero-order valence-corrected chi connectivity index (χ0v) is 9.56. The molecule has 4 nitrogen and oxygen atoms in total. The van der Waals surface area contributed by atoms with Gasteiger partial charge in [-0.05, 0) is 39.3 Å². The van der Waals surface area contributed by atoms with Crippen LogP contribution < -0.4 is 0 Å². The van der Waals surface area contributed by atoms with Crippen LogP contribution in [0.25, 0.3) is 0 Å². The molecule has 1 N–H and O–H groups in total. The molecule has 0 amide bonds. The zero-order valence-electron chi connectivity index (χ0n) is 9.56. The van der Waals surface area contributed by atoms with Crippen LogP contribution in [0.4, 0.5) is 0 Å². The van der Waals surface area contributed by atoms with Crippen LogP contribution in [0.15, 0.2) is 0 Å². The molecule has 0 aliphatic carbocycles. The van der Waals surface area contributed by atoms with Crippen LogP contribution in [0.5, 0.6) is 0 Å². The summed E-state index contributed by atoms with van der Waals surface area (Å²) in [7, 11) is 1.59. The fraction of sp³-hybridized carbons (Fsp3) is 1.00. The van der Waals surface area contributed by atoms with E-state index in [2.05, 4.69) is 4.90 Å². The van der Waals surface area contributed by atoms with Crippen molar-refractivity contribution < 1.29 is 14.6 Å². The highest BCUT2D eigenvalue weighted by atomic mass is 16.7. The minimum atomic E-state index is -0.510. The molecule has 88 valence electrons. The van der Waals surface area contributed by atoms with E-state index in [0.29, 0.717) is 0 Å². The second kappa shape index (κ2) is 4.78. The molecule has 0 unspecified atom stereocenters. The third-order valence-electron chi connectivity index (χ3n) is 3.45. The highest BCUT2D eigenvalue weighted by Crippen LogP contribution is 2.27. The monoisotopic (exact) mass is 215 g/mol. The molecule has 2 aliphatic heterocycles. The molecular weight excluding hydrogens is 194 g/mol. The van der Waals surface area contributed by atoms with Gasteiger partial charge in [0.1, 0.15) is 6.10 Å². The third-order valence-corrected chi connectivity index (χ3v) is 3.45. The normalized spacial score (nSPS) is 43.4. The average Bonchev–Trinajstić information content (AvgIpc) is 2.74. The van der Waals surface area contributed by atoms with E-state index in [1.807, 2.05) is 6.92 Å².